The SMILES string of the molecule is C.COc1cc(N=c2ccc3ncc(-c4cnn(C)c4)nc3n2CC2CCC(=O)N2)c(F)c(OC)c1.COc1cc(OC)c(F)c(N(CC2CCC(=O)N2)c2ccc3ncc(-c4cnn(C)c4)nc3n2)c1.S.S. The molecule has 2 fully saturated rings. The van der Waals surface area contributed by atoms with Crippen molar-refractivity contribution >= 4 is 78.3 Å². The lowest BCUT2D eigenvalue weighted by Crippen LogP contribution is -2.37. The molecule has 2 unspecified atom stereocenters. The fourth-order valence-corrected chi connectivity index (χ4v) is 8.19. The first-order chi connectivity index (χ1) is 33.9. The van der Waals surface area contributed by atoms with Crippen molar-refractivity contribution in [2.75, 3.05) is 39.9 Å². The second-order valence-electron chi connectivity index (χ2n) is 16.5. The number of amides is 2. The van der Waals surface area contributed by atoms with Gasteiger partial charge in [0.05, 0.1) is 70.3 Å². The van der Waals surface area contributed by atoms with Gasteiger partial charge in [-0.3, -0.25) is 28.9 Å². The number of hydrogen-bond acceptors (Lipinski definition) is 15. The first kappa shape index (κ1) is 54.5. The number of ether oxygens (including phenoxy) is 4. The maximum Gasteiger partial charge on any atom is 0.220 e. The second-order valence-corrected chi connectivity index (χ2v) is 16.5. The number of carbonyl (C=O) groups is 2. The number of aryl methyl sites for hydroxylation is 2. The molecular weight excluding hydrogens is 983 g/mol. The van der Waals surface area contributed by atoms with E-state index in [1.807, 2.05) is 31.1 Å². The molecule has 20 nitrogen and oxygen atoms in total. The summed E-state index contributed by atoms with van der Waals surface area (Å²) in [6.45, 7) is 0.697. The van der Waals surface area contributed by atoms with E-state index < -0.39 is 11.6 Å². The summed E-state index contributed by atoms with van der Waals surface area (Å²) in [5.74, 6) is 0.159. The number of carbonyl (C=O) groups excluding carboxylic acids is 2. The quantitative estimate of drug-likeness (QED) is 0.129. The van der Waals surface area contributed by atoms with Crippen molar-refractivity contribution in [1.29, 1.82) is 0 Å². The van der Waals surface area contributed by atoms with Crippen molar-refractivity contribution < 1.29 is 37.3 Å². The Balaban J connectivity index is 0.000000229. The van der Waals surface area contributed by atoms with E-state index in [1.165, 1.54) is 46.6 Å². The predicted molar refractivity (Wildman–Crippen MR) is 280 cm³/mol. The zero-order chi connectivity index (χ0) is 49.1. The third-order valence-corrected chi connectivity index (χ3v) is 11.8. The Morgan fingerprint density at radius 2 is 1.27 bits per heavy atom. The Morgan fingerprint density at radius 1 is 0.699 bits per heavy atom. The molecule has 2 N–H and O–H groups in total. The zero-order valence-electron chi connectivity index (χ0n) is 40.1. The van der Waals surface area contributed by atoms with Crippen LogP contribution in [-0.2, 0) is 30.2 Å². The summed E-state index contributed by atoms with van der Waals surface area (Å²) in [5.41, 5.74) is 5.81. The fraction of sp³-hybridized carbons (Fsp3) is 0.306. The van der Waals surface area contributed by atoms with Crippen LogP contribution in [0.4, 0.5) is 26.0 Å². The van der Waals surface area contributed by atoms with E-state index >= 15 is 8.78 Å². The van der Waals surface area contributed by atoms with Crippen molar-refractivity contribution in [2.45, 2.75) is 51.7 Å². The largest absolute Gasteiger partial charge is 0.497 e. The Labute approximate surface area is 432 Å². The van der Waals surface area contributed by atoms with Gasteiger partial charge in [0, 0.05) is 99.9 Å². The van der Waals surface area contributed by atoms with Gasteiger partial charge in [-0.15, -0.1) is 0 Å². The summed E-state index contributed by atoms with van der Waals surface area (Å²) >= 11 is 0. The van der Waals surface area contributed by atoms with Crippen LogP contribution in [0.25, 0.3) is 44.8 Å². The molecule has 10 rings (SSSR count). The van der Waals surface area contributed by atoms with Crippen molar-refractivity contribution in [3.63, 3.8) is 0 Å². The van der Waals surface area contributed by atoms with E-state index in [0.717, 1.165) is 11.1 Å². The van der Waals surface area contributed by atoms with E-state index in [2.05, 4.69) is 40.8 Å². The molecule has 0 radical (unpaired) electrons. The molecule has 2 saturated heterocycles. The summed E-state index contributed by atoms with van der Waals surface area (Å²) in [6.07, 6.45) is 12.6. The Morgan fingerprint density at radius 3 is 1.85 bits per heavy atom. The van der Waals surface area contributed by atoms with Crippen molar-refractivity contribution in [3.05, 3.63) is 103 Å². The number of nitrogens with one attached hydrogen (secondary N) is 2. The van der Waals surface area contributed by atoms with E-state index in [0.29, 0.717) is 95.3 Å². The van der Waals surface area contributed by atoms with Crippen LogP contribution in [0.15, 0.2) is 90.7 Å². The van der Waals surface area contributed by atoms with Gasteiger partial charge in [0.15, 0.2) is 34.4 Å². The van der Waals surface area contributed by atoms with Gasteiger partial charge >= 0.3 is 0 Å². The van der Waals surface area contributed by atoms with Crippen LogP contribution in [0, 0.1) is 11.6 Å². The second kappa shape index (κ2) is 23.6. The molecule has 384 valence electrons. The standard InChI is InChI=1S/2C24H24FN7O3.CH4.2H2S/c1-31-12-14(10-27-31)18-11-26-17-5-6-21(30-24(17)29-18)32(13-15-4-7-22(33)28-15)19-8-16(34-2)9-20(35-3)23(19)25;1-31-12-14(10-27-31)19-11-26-17-5-6-21(29-18-8-16(34-2)9-20(35-3)23(18)25)32(24(17)30-19)13-15-4-7-22(33)28-15;;;/h2*5-6,8-12,15H,4,7,13H2,1-3H3,(H,28,33);1H4;2*1H2. The summed E-state index contributed by atoms with van der Waals surface area (Å²) in [4.78, 5) is 53.3. The highest BCUT2D eigenvalue weighted by Crippen LogP contribution is 2.37. The van der Waals surface area contributed by atoms with Crippen LogP contribution in [0.5, 0.6) is 23.0 Å². The average molecular weight is 1040 g/mol. The lowest BCUT2D eigenvalue weighted by atomic mass is 10.1. The molecule has 8 aromatic rings. The molecule has 2 amide bonds. The third kappa shape index (κ3) is 11.9. The number of anilines is 2. The van der Waals surface area contributed by atoms with Gasteiger partial charge in [0.25, 0.3) is 0 Å². The van der Waals surface area contributed by atoms with Crippen molar-refractivity contribution in [1.82, 2.24) is 59.7 Å². The Hall–Kier alpha value is -7.86. The monoisotopic (exact) mass is 1040 g/mol. The molecule has 2 aromatic carbocycles. The summed E-state index contributed by atoms with van der Waals surface area (Å²) < 4.78 is 56.9. The molecule has 24 heteroatoms. The van der Waals surface area contributed by atoms with Crippen molar-refractivity contribution in [2.24, 2.45) is 19.1 Å². The smallest absolute Gasteiger partial charge is 0.220 e. The first-order valence-corrected chi connectivity index (χ1v) is 22.1. The number of benzene rings is 2. The van der Waals surface area contributed by atoms with Crippen LogP contribution in [-0.4, -0.2) is 108 Å². The molecule has 6 aromatic heterocycles. The highest BCUT2D eigenvalue weighted by atomic mass is 32.1. The van der Waals surface area contributed by atoms with Gasteiger partial charge in [-0.1, -0.05) is 7.43 Å². The molecule has 2 atom stereocenters. The molecule has 2 aliphatic heterocycles. The van der Waals surface area contributed by atoms with Crippen LogP contribution < -0.4 is 40.0 Å². The van der Waals surface area contributed by atoms with Crippen molar-refractivity contribution in [3.8, 4) is 45.5 Å². The minimum atomic E-state index is -0.607. The number of pyridine rings is 2. The maximum absolute atomic E-state index is 15.5. The number of fused-ring (bicyclic) bond motifs is 2. The minimum absolute atomic E-state index is 0. The average Bonchev–Trinajstić information content (AvgIpc) is 4.21. The normalized spacial score (nSPS) is 15.0. The molecule has 0 spiro atoms. The predicted octanol–water partition coefficient (Wildman–Crippen LogP) is 6.36. The van der Waals surface area contributed by atoms with Crippen LogP contribution in [0.2, 0.25) is 0 Å². The minimum Gasteiger partial charge on any atom is -0.497 e. The number of aromatic nitrogens is 10. The first-order valence-electron chi connectivity index (χ1n) is 22.1. The molecule has 8 heterocycles. The Bertz CT molecular complexity index is 3350. The topological polar surface area (TPSA) is 216 Å². The molecule has 0 bridgehead atoms. The molecule has 0 saturated carbocycles. The van der Waals surface area contributed by atoms with E-state index in [4.69, 9.17) is 28.9 Å². The van der Waals surface area contributed by atoms with Gasteiger partial charge in [-0.2, -0.15) is 37.2 Å². The highest BCUT2D eigenvalue weighted by molar-refractivity contribution is 7.59. The van der Waals surface area contributed by atoms with Gasteiger partial charge in [0.2, 0.25) is 11.8 Å². The molecular formula is C49H56F2N14O6S2. The summed E-state index contributed by atoms with van der Waals surface area (Å²) in [5, 5.41) is 14.3. The van der Waals surface area contributed by atoms with Crippen LogP contribution in [0.3, 0.4) is 0 Å². The summed E-state index contributed by atoms with van der Waals surface area (Å²) in [7, 11) is 9.43. The molecule has 73 heavy (non-hydrogen) atoms. The number of hydrogen-bond donors (Lipinski definition) is 2. The lowest BCUT2D eigenvalue weighted by Gasteiger charge is -2.28. The molecule has 0 aliphatic carbocycles. The van der Waals surface area contributed by atoms with Gasteiger partial charge in [-0.25, -0.2) is 28.7 Å². The Kier molecular flexibility index (Phi) is 17.6. The van der Waals surface area contributed by atoms with Gasteiger partial charge in [-0.05, 0) is 37.1 Å². The lowest BCUT2D eigenvalue weighted by molar-refractivity contribution is -0.120. The van der Waals surface area contributed by atoms with Gasteiger partial charge in [0.1, 0.15) is 39.5 Å². The summed E-state index contributed by atoms with van der Waals surface area (Å²) in [6, 6.07) is 12.8. The van der Waals surface area contributed by atoms with E-state index in [1.54, 1.807) is 69.4 Å². The number of methoxy groups -OCH3 is 4. The van der Waals surface area contributed by atoms with Crippen LogP contribution >= 0.6 is 27.0 Å². The number of nitrogens with zero attached hydrogens (tertiary/aromatic N) is 12. The molecule has 2 aliphatic rings. The van der Waals surface area contributed by atoms with Crippen LogP contribution in [0.1, 0.15) is 33.1 Å². The van der Waals surface area contributed by atoms with E-state index in [9.17, 15) is 9.59 Å². The highest BCUT2D eigenvalue weighted by Gasteiger charge is 2.28. The fourth-order valence-electron chi connectivity index (χ4n) is 8.19. The maximum atomic E-state index is 15.5. The number of rotatable bonds is 13. The van der Waals surface area contributed by atoms with E-state index in [-0.39, 0.29) is 81.2 Å². The zero-order valence-corrected chi connectivity index (χ0v) is 42.1. The third-order valence-electron chi connectivity index (χ3n) is 11.8. The number of halogens is 2. The van der Waals surface area contributed by atoms with Gasteiger partial charge < -0.3 is 39.0 Å².